The van der Waals surface area contributed by atoms with Gasteiger partial charge in [0.25, 0.3) is 0 Å². The minimum Gasteiger partial charge on any atom is -0.504 e. The topological polar surface area (TPSA) is 68.4 Å². The van der Waals surface area contributed by atoms with Gasteiger partial charge in [0, 0.05) is 0 Å². The third-order valence-corrected chi connectivity index (χ3v) is 4.49. The average Bonchev–Trinajstić information content (AvgIpc) is 2.91. The van der Waals surface area contributed by atoms with Crippen molar-refractivity contribution in [3.8, 4) is 11.5 Å². The highest BCUT2D eigenvalue weighted by molar-refractivity contribution is 7.18. The van der Waals surface area contributed by atoms with Crippen molar-refractivity contribution in [1.82, 2.24) is 4.98 Å². The molecule has 21 heavy (non-hydrogen) atoms. The van der Waals surface area contributed by atoms with E-state index in [1.807, 2.05) is 30.3 Å². The first-order valence-corrected chi connectivity index (χ1v) is 7.46. The number of methoxy groups -OCH3 is 1. The Labute approximate surface area is 126 Å². The summed E-state index contributed by atoms with van der Waals surface area (Å²) in [6.45, 7) is 0. The fourth-order valence-electron chi connectivity index (χ4n) is 2.25. The van der Waals surface area contributed by atoms with E-state index in [0.29, 0.717) is 12.2 Å². The van der Waals surface area contributed by atoms with Crippen LogP contribution in [0.25, 0.3) is 10.2 Å². The molecule has 1 atom stereocenters. The average molecular weight is 300 g/mol. The van der Waals surface area contributed by atoms with Crippen LogP contribution in [0.1, 0.15) is 16.6 Å². The number of nitrogens with two attached hydrogens (primary N) is 1. The fraction of sp³-hybridized carbons (Fsp3) is 0.188. The number of ether oxygens (including phenoxy) is 1. The predicted octanol–water partition coefficient (Wildman–Crippen LogP) is 3.25. The second kappa shape index (κ2) is 5.71. The summed E-state index contributed by atoms with van der Waals surface area (Å²) in [4.78, 5) is 4.57. The van der Waals surface area contributed by atoms with Gasteiger partial charge in [-0.1, -0.05) is 18.2 Å². The van der Waals surface area contributed by atoms with Crippen LogP contribution in [-0.2, 0) is 6.42 Å². The standard InChI is InChI=1S/C16H16N2O2S/c1-20-14-7-6-10(9-13(14)19)8-11(17)16-18-12-4-2-3-5-15(12)21-16/h2-7,9,11,19H,8,17H2,1H3. The summed E-state index contributed by atoms with van der Waals surface area (Å²) >= 11 is 1.61. The van der Waals surface area contributed by atoms with Crippen LogP contribution in [0.2, 0.25) is 0 Å². The molecule has 3 rings (SSSR count). The summed E-state index contributed by atoms with van der Waals surface area (Å²) < 4.78 is 6.18. The van der Waals surface area contributed by atoms with E-state index in [1.54, 1.807) is 23.5 Å². The quantitative estimate of drug-likeness (QED) is 0.776. The first-order chi connectivity index (χ1) is 10.2. The Morgan fingerprint density at radius 1 is 1.29 bits per heavy atom. The lowest BCUT2D eigenvalue weighted by Crippen LogP contribution is -2.12. The van der Waals surface area contributed by atoms with E-state index >= 15 is 0 Å². The number of nitrogens with zero attached hydrogens (tertiary/aromatic N) is 1. The van der Waals surface area contributed by atoms with Crippen molar-refractivity contribution < 1.29 is 9.84 Å². The molecule has 0 saturated heterocycles. The van der Waals surface area contributed by atoms with Gasteiger partial charge in [-0.3, -0.25) is 0 Å². The van der Waals surface area contributed by atoms with Gasteiger partial charge in [-0.15, -0.1) is 11.3 Å². The summed E-state index contributed by atoms with van der Waals surface area (Å²) in [5.74, 6) is 0.596. The molecular formula is C16H16N2O2S. The minimum atomic E-state index is -0.185. The number of hydrogen-bond acceptors (Lipinski definition) is 5. The molecule has 5 heteroatoms. The highest BCUT2D eigenvalue weighted by atomic mass is 32.1. The Kier molecular flexibility index (Phi) is 3.77. The molecule has 108 valence electrons. The van der Waals surface area contributed by atoms with Gasteiger partial charge in [0.2, 0.25) is 0 Å². The molecule has 3 N–H and O–H groups in total. The Hall–Kier alpha value is -2.11. The van der Waals surface area contributed by atoms with E-state index in [0.717, 1.165) is 20.8 Å². The molecule has 0 aliphatic rings. The van der Waals surface area contributed by atoms with Gasteiger partial charge in [0.15, 0.2) is 11.5 Å². The van der Waals surface area contributed by atoms with E-state index in [-0.39, 0.29) is 11.8 Å². The van der Waals surface area contributed by atoms with Crippen LogP contribution < -0.4 is 10.5 Å². The number of para-hydroxylation sites is 1. The van der Waals surface area contributed by atoms with Gasteiger partial charge >= 0.3 is 0 Å². The third-order valence-electron chi connectivity index (χ3n) is 3.33. The summed E-state index contributed by atoms with van der Waals surface area (Å²) in [6, 6.07) is 13.2. The molecule has 0 amide bonds. The van der Waals surface area contributed by atoms with Crippen LogP contribution in [0.4, 0.5) is 0 Å². The number of phenols is 1. The Balaban J connectivity index is 1.82. The van der Waals surface area contributed by atoms with Gasteiger partial charge in [-0.2, -0.15) is 0 Å². The third kappa shape index (κ3) is 2.84. The fourth-order valence-corrected chi connectivity index (χ4v) is 3.22. The molecule has 0 aliphatic heterocycles. The lowest BCUT2D eigenvalue weighted by Gasteiger charge is -2.10. The largest absolute Gasteiger partial charge is 0.504 e. The van der Waals surface area contributed by atoms with Gasteiger partial charge in [-0.25, -0.2) is 4.98 Å². The van der Waals surface area contributed by atoms with E-state index < -0.39 is 0 Å². The maximum absolute atomic E-state index is 9.81. The van der Waals surface area contributed by atoms with Crippen LogP contribution in [-0.4, -0.2) is 17.2 Å². The molecule has 0 fully saturated rings. The molecule has 0 aliphatic carbocycles. The second-order valence-corrected chi connectivity index (χ2v) is 5.90. The predicted molar refractivity (Wildman–Crippen MR) is 84.9 cm³/mol. The van der Waals surface area contributed by atoms with Crippen LogP contribution >= 0.6 is 11.3 Å². The number of aromatic hydroxyl groups is 1. The number of aromatic nitrogens is 1. The van der Waals surface area contributed by atoms with Crippen molar-refractivity contribution in [2.75, 3.05) is 7.11 Å². The van der Waals surface area contributed by atoms with Gasteiger partial charge in [-0.05, 0) is 36.2 Å². The summed E-state index contributed by atoms with van der Waals surface area (Å²) in [5.41, 5.74) is 8.18. The normalized spacial score (nSPS) is 12.5. The van der Waals surface area contributed by atoms with Crippen molar-refractivity contribution in [1.29, 1.82) is 0 Å². The van der Waals surface area contributed by atoms with Crippen LogP contribution in [0.15, 0.2) is 42.5 Å². The maximum Gasteiger partial charge on any atom is 0.160 e. The van der Waals surface area contributed by atoms with Crippen LogP contribution in [0, 0.1) is 0 Å². The Bertz CT molecular complexity index is 737. The monoisotopic (exact) mass is 300 g/mol. The van der Waals surface area contributed by atoms with Crippen LogP contribution in [0.3, 0.4) is 0 Å². The number of fused-ring (bicyclic) bond motifs is 1. The minimum absolute atomic E-state index is 0.131. The number of hydrogen-bond donors (Lipinski definition) is 2. The van der Waals surface area contributed by atoms with E-state index in [1.165, 1.54) is 7.11 Å². The summed E-state index contributed by atoms with van der Waals surface area (Å²) in [5, 5.41) is 10.7. The maximum atomic E-state index is 9.81. The highest BCUT2D eigenvalue weighted by Gasteiger charge is 2.13. The lowest BCUT2D eigenvalue weighted by molar-refractivity contribution is 0.373. The molecule has 0 spiro atoms. The van der Waals surface area contributed by atoms with Gasteiger partial charge in [0.05, 0.1) is 23.4 Å². The number of benzene rings is 2. The molecule has 2 aromatic carbocycles. The number of phenolic OH excluding ortho intramolecular Hbond substituents is 1. The molecule has 1 unspecified atom stereocenters. The van der Waals surface area contributed by atoms with Crippen molar-refractivity contribution in [3.63, 3.8) is 0 Å². The van der Waals surface area contributed by atoms with E-state index in [2.05, 4.69) is 4.98 Å². The van der Waals surface area contributed by atoms with E-state index in [4.69, 9.17) is 10.5 Å². The van der Waals surface area contributed by atoms with Crippen molar-refractivity contribution in [2.24, 2.45) is 5.73 Å². The highest BCUT2D eigenvalue weighted by Crippen LogP contribution is 2.30. The number of thiazole rings is 1. The van der Waals surface area contributed by atoms with Crippen molar-refractivity contribution in [3.05, 3.63) is 53.0 Å². The Morgan fingerprint density at radius 3 is 2.81 bits per heavy atom. The summed E-state index contributed by atoms with van der Waals surface area (Å²) in [7, 11) is 1.53. The molecule has 0 radical (unpaired) electrons. The van der Waals surface area contributed by atoms with Crippen molar-refractivity contribution >= 4 is 21.6 Å². The van der Waals surface area contributed by atoms with Crippen LogP contribution in [0.5, 0.6) is 11.5 Å². The lowest BCUT2D eigenvalue weighted by atomic mass is 10.1. The van der Waals surface area contributed by atoms with Crippen molar-refractivity contribution in [2.45, 2.75) is 12.5 Å². The van der Waals surface area contributed by atoms with Gasteiger partial charge in [0.1, 0.15) is 5.01 Å². The SMILES string of the molecule is COc1ccc(CC(N)c2nc3ccccc3s2)cc1O. The first-order valence-electron chi connectivity index (χ1n) is 6.64. The Morgan fingerprint density at radius 2 is 2.10 bits per heavy atom. The zero-order chi connectivity index (χ0) is 14.8. The van der Waals surface area contributed by atoms with E-state index in [9.17, 15) is 5.11 Å². The molecular weight excluding hydrogens is 284 g/mol. The molecule has 4 nitrogen and oxygen atoms in total. The molecule has 0 bridgehead atoms. The number of rotatable bonds is 4. The molecule has 1 heterocycles. The van der Waals surface area contributed by atoms with Gasteiger partial charge < -0.3 is 15.6 Å². The zero-order valence-electron chi connectivity index (χ0n) is 11.6. The first kappa shape index (κ1) is 13.9. The molecule has 3 aromatic rings. The second-order valence-electron chi connectivity index (χ2n) is 4.84. The molecule has 1 aromatic heterocycles. The summed E-state index contributed by atoms with van der Waals surface area (Å²) in [6.07, 6.45) is 0.622. The molecule has 0 saturated carbocycles. The zero-order valence-corrected chi connectivity index (χ0v) is 12.4. The smallest absolute Gasteiger partial charge is 0.160 e.